The van der Waals surface area contributed by atoms with E-state index in [9.17, 15) is 13.2 Å². The smallest absolute Gasteiger partial charge is 0.381 e. The van der Waals surface area contributed by atoms with Crippen LogP contribution in [0.3, 0.4) is 0 Å². The zero-order valence-electron chi connectivity index (χ0n) is 10.7. The number of rotatable bonds is 6. The van der Waals surface area contributed by atoms with E-state index in [1.54, 1.807) is 0 Å². The maximum Gasteiger partial charge on any atom is 0.416 e. The van der Waals surface area contributed by atoms with Crippen molar-refractivity contribution in [2.24, 2.45) is 5.73 Å². The molecule has 0 aliphatic heterocycles. The van der Waals surface area contributed by atoms with E-state index in [0.29, 0.717) is 12.2 Å². The molecule has 0 saturated heterocycles. The average Bonchev–Trinajstić information content (AvgIpc) is 2.32. The zero-order valence-corrected chi connectivity index (χ0v) is 11.5. The molecular weight excluding hydrogens is 277 g/mol. The molecule has 0 heterocycles. The minimum Gasteiger partial charge on any atom is -0.381 e. The second-order valence-electron chi connectivity index (χ2n) is 4.45. The van der Waals surface area contributed by atoms with Crippen molar-refractivity contribution in [2.45, 2.75) is 38.4 Å². The molecule has 3 N–H and O–H groups in total. The minimum absolute atomic E-state index is 0.0421. The predicted octanol–water partition coefficient (Wildman–Crippen LogP) is 4.29. The van der Waals surface area contributed by atoms with Crippen molar-refractivity contribution in [3.63, 3.8) is 0 Å². The van der Waals surface area contributed by atoms with E-state index in [4.69, 9.17) is 17.3 Å². The lowest BCUT2D eigenvalue weighted by molar-refractivity contribution is -0.137. The second kappa shape index (κ2) is 7.01. The molecular formula is C13H18ClF3N2. The molecule has 0 aromatic heterocycles. The molecule has 1 atom stereocenters. The van der Waals surface area contributed by atoms with Gasteiger partial charge in [-0.05, 0) is 24.6 Å². The Bertz CT molecular complexity index is 407. The zero-order chi connectivity index (χ0) is 14.5. The fourth-order valence-corrected chi connectivity index (χ4v) is 2.01. The number of unbranched alkanes of at least 4 members (excludes halogenated alkanes) is 1. The summed E-state index contributed by atoms with van der Waals surface area (Å²) in [7, 11) is 0. The van der Waals surface area contributed by atoms with Gasteiger partial charge in [0.15, 0.2) is 0 Å². The Kier molecular flexibility index (Phi) is 5.94. The molecule has 1 rings (SSSR count). The van der Waals surface area contributed by atoms with Gasteiger partial charge in [0.25, 0.3) is 0 Å². The number of nitrogens with two attached hydrogens (primary N) is 1. The Hall–Kier alpha value is -0.940. The highest BCUT2D eigenvalue weighted by Gasteiger charge is 2.31. The third-order valence-corrected chi connectivity index (χ3v) is 3.00. The first-order chi connectivity index (χ1) is 8.86. The van der Waals surface area contributed by atoms with E-state index in [-0.39, 0.29) is 11.1 Å². The summed E-state index contributed by atoms with van der Waals surface area (Å²) in [6.45, 7) is 2.42. The van der Waals surface area contributed by atoms with E-state index in [1.165, 1.54) is 6.07 Å². The van der Waals surface area contributed by atoms with Crippen LogP contribution in [-0.4, -0.2) is 12.6 Å². The first-order valence-electron chi connectivity index (χ1n) is 6.21. The summed E-state index contributed by atoms with van der Waals surface area (Å²) in [6.07, 6.45) is -1.59. The predicted molar refractivity (Wildman–Crippen MR) is 72.4 cm³/mol. The number of benzene rings is 1. The normalized spacial score (nSPS) is 13.4. The fourth-order valence-electron chi connectivity index (χ4n) is 1.77. The molecule has 108 valence electrons. The van der Waals surface area contributed by atoms with E-state index in [2.05, 4.69) is 12.2 Å². The van der Waals surface area contributed by atoms with Crippen molar-refractivity contribution in [2.75, 3.05) is 11.9 Å². The van der Waals surface area contributed by atoms with Crippen LogP contribution in [0.2, 0.25) is 5.02 Å². The van der Waals surface area contributed by atoms with Gasteiger partial charge in [0.1, 0.15) is 0 Å². The van der Waals surface area contributed by atoms with Crippen LogP contribution in [0.25, 0.3) is 0 Å². The van der Waals surface area contributed by atoms with Crippen LogP contribution in [0.4, 0.5) is 18.9 Å². The Morgan fingerprint density at radius 1 is 1.32 bits per heavy atom. The number of alkyl halides is 3. The topological polar surface area (TPSA) is 38.0 Å². The highest BCUT2D eigenvalue weighted by Crippen LogP contribution is 2.33. The third-order valence-electron chi connectivity index (χ3n) is 2.79. The Morgan fingerprint density at radius 2 is 2.00 bits per heavy atom. The minimum atomic E-state index is -4.40. The summed E-state index contributed by atoms with van der Waals surface area (Å²) in [5.74, 6) is 0. The average molecular weight is 295 g/mol. The molecule has 0 aliphatic carbocycles. The Labute approximate surface area is 116 Å². The van der Waals surface area contributed by atoms with Crippen LogP contribution in [0, 0.1) is 0 Å². The van der Waals surface area contributed by atoms with Gasteiger partial charge in [-0.25, -0.2) is 0 Å². The number of halogens is 4. The van der Waals surface area contributed by atoms with Crippen molar-refractivity contribution in [1.29, 1.82) is 0 Å². The first kappa shape index (κ1) is 16.1. The molecule has 1 aromatic rings. The van der Waals surface area contributed by atoms with Gasteiger partial charge in [0.05, 0.1) is 5.56 Å². The molecule has 0 bridgehead atoms. The Morgan fingerprint density at radius 3 is 2.53 bits per heavy atom. The molecule has 2 nitrogen and oxygen atoms in total. The number of hydrogen-bond donors (Lipinski definition) is 2. The lowest BCUT2D eigenvalue weighted by atomic mass is 10.1. The summed E-state index contributed by atoms with van der Waals surface area (Å²) >= 11 is 5.72. The standard InChI is InChI=1S/C13H18ClF3N2/c1-2-3-4-11(8-18)19-12-6-9(13(15,16)17)5-10(14)7-12/h5-7,11,19H,2-4,8,18H2,1H3. The van der Waals surface area contributed by atoms with Crippen molar-refractivity contribution in [1.82, 2.24) is 0 Å². The summed E-state index contributed by atoms with van der Waals surface area (Å²) in [5, 5.41) is 3.07. The quantitative estimate of drug-likeness (QED) is 0.821. The Balaban J connectivity index is 2.85. The molecule has 0 fully saturated rings. The monoisotopic (exact) mass is 294 g/mol. The molecule has 0 radical (unpaired) electrons. The summed E-state index contributed by atoms with van der Waals surface area (Å²) in [5.41, 5.74) is 5.20. The van der Waals surface area contributed by atoms with Crippen LogP contribution in [-0.2, 0) is 6.18 Å². The first-order valence-corrected chi connectivity index (χ1v) is 6.59. The van der Waals surface area contributed by atoms with Crippen LogP contribution >= 0.6 is 11.6 Å². The molecule has 1 aromatic carbocycles. The van der Waals surface area contributed by atoms with Gasteiger partial charge in [-0.3, -0.25) is 0 Å². The SMILES string of the molecule is CCCCC(CN)Nc1cc(Cl)cc(C(F)(F)F)c1. The van der Waals surface area contributed by atoms with E-state index < -0.39 is 11.7 Å². The van der Waals surface area contributed by atoms with Gasteiger partial charge in [-0.2, -0.15) is 13.2 Å². The summed E-state index contributed by atoms with van der Waals surface area (Å²) in [6, 6.07) is 3.40. The van der Waals surface area contributed by atoms with Gasteiger partial charge in [0.2, 0.25) is 0 Å². The number of hydrogen-bond acceptors (Lipinski definition) is 2. The van der Waals surface area contributed by atoms with Crippen LogP contribution in [0.1, 0.15) is 31.7 Å². The van der Waals surface area contributed by atoms with Crippen LogP contribution < -0.4 is 11.1 Å². The lowest BCUT2D eigenvalue weighted by Crippen LogP contribution is -2.28. The van der Waals surface area contributed by atoms with Gasteiger partial charge >= 0.3 is 6.18 Å². The van der Waals surface area contributed by atoms with Gasteiger partial charge < -0.3 is 11.1 Å². The van der Waals surface area contributed by atoms with Crippen LogP contribution in [0.15, 0.2) is 18.2 Å². The maximum atomic E-state index is 12.7. The number of anilines is 1. The fraction of sp³-hybridized carbons (Fsp3) is 0.538. The van der Waals surface area contributed by atoms with Crippen LogP contribution in [0.5, 0.6) is 0 Å². The largest absolute Gasteiger partial charge is 0.416 e. The van der Waals surface area contributed by atoms with Crippen molar-refractivity contribution in [3.05, 3.63) is 28.8 Å². The highest BCUT2D eigenvalue weighted by atomic mass is 35.5. The third kappa shape index (κ3) is 5.28. The summed E-state index contributed by atoms with van der Waals surface area (Å²) < 4.78 is 38.0. The van der Waals surface area contributed by atoms with Crippen molar-refractivity contribution in [3.8, 4) is 0 Å². The molecule has 0 saturated carbocycles. The number of nitrogens with one attached hydrogen (secondary N) is 1. The summed E-state index contributed by atoms with van der Waals surface area (Å²) in [4.78, 5) is 0. The lowest BCUT2D eigenvalue weighted by Gasteiger charge is -2.19. The molecule has 6 heteroatoms. The van der Waals surface area contributed by atoms with Gasteiger partial charge in [-0.15, -0.1) is 0 Å². The molecule has 0 aliphatic rings. The highest BCUT2D eigenvalue weighted by molar-refractivity contribution is 6.30. The van der Waals surface area contributed by atoms with E-state index in [1.807, 2.05) is 0 Å². The second-order valence-corrected chi connectivity index (χ2v) is 4.88. The molecule has 0 amide bonds. The van der Waals surface area contributed by atoms with E-state index in [0.717, 1.165) is 31.4 Å². The van der Waals surface area contributed by atoms with E-state index >= 15 is 0 Å². The molecule has 0 spiro atoms. The van der Waals surface area contributed by atoms with Gasteiger partial charge in [0, 0.05) is 23.3 Å². The van der Waals surface area contributed by atoms with Crippen molar-refractivity contribution < 1.29 is 13.2 Å². The van der Waals surface area contributed by atoms with Gasteiger partial charge in [-0.1, -0.05) is 31.4 Å². The maximum absolute atomic E-state index is 12.7. The molecule has 19 heavy (non-hydrogen) atoms. The molecule has 1 unspecified atom stereocenters. The van der Waals surface area contributed by atoms with Crippen molar-refractivity contribution >= 4 is 17.3 Å².